The Hall–Kier alpha value is -3.21. The highest BCUT2D eigenvalue weighted by atomic mass is 32.1. The quantitative estimate of drug-likeness (QED) is 0.319. The first-order valence-corrected chi connectivity index (χ1v) is 9.78. The fraction of sp³-hybridized carbons (Fsp3) is 0.421. The Morgan fingerprint density at radius 1 is 1.30 bits per heavy atom. The summed E-state index contributed by atoms with van der Waals surface area (Å²) in [5.74, 6) is -2.00. The summed E-state index contributed by atoms with van der Waals surface area (Å²) in [5, 5.41) is 9.35. The number of esters is 1. The normalized spacial score (nSPS) is 12.4. The van der Waals surface area contributed by atoms with Crippen molar-refractivity contribution in [3.05, 3.63) is 40.5 Å². The molecule has 1 aromatic rings. The monoisotopic (exact) mass is 438 g/mol. The van der Waals surface area contributed by atoms with Crippen molar-refractivity contribution in [2.24, 2.45) is 0 Å². The molecule has 1 rings (SSSR count). The number of carbonyl (C=O) groups is 4. The number of rotatable bonds is 8. The van der Waals surface area contributed by atoms with Gasteiger partial charge in [0.15, 0.2) is 0 Å². The molecule has 0 radical (unpaired) electrons. The van der Waals surface area contributed by atoms with E-state index in [2.05, 4.69) is 32.3 Å². The highest BCUT2D eigenvalue weighted by Crippen LogP contribution is 2.11. The van der Waals surface area contributed by atoms with Gasteiger partial charge in [0.25, 0.3) is 11.8 Å². The molecule has 30 heavy (non-hydrogen) atoms. The van der Waals surface area contributed by atoms with E-state index < -0.39 is 35.5 Å². The fourth-order valence-corrected chi connectivity index (χ4v) is 2.68. The summed E-state index contributed by atoms with van der Waals surface area (Å²) in [4.78, 5) is 52.1. The van der Waals surface area contributed by atoms with E-state index in [0.29, 0.717) is 5.01 Å². The molecular weight excluding hydrogens is 412 g/mol. The zero-order valence-corrected chi connectivity index (χ0v) is 18.3. The van der Waals surface area contributed by atoms with Crippen LogP contribution in [0.2, 0.25) is 0 Å². The molecule has 3 amide bonds. The maximum atomic E-state index is 12.4. The molecule has 164 valence electrons. The number of thiazole rings is 1. The van der Waals surface area contributed by atoms with E-state index in [4.69, 9.17) is 4.74 Å². The van der Waals surface area contributed by atoms with Gasteiger partial charge < -0.3 is 25.4 Å². The third-order valence-electron chi connectivity index (χ3n) is 3.33. The Morgan fingerprint density at radius 3 is 2.50 bits per heavy atom. The second-order valence-electron chi connectivity index (χ2n) is 6.85. The van der Waals surface area contributed by atoms with Crippen LogP contribution in [0.25, 0.3) is 0 Å². The van der Waals surface area contributed by atoms with Gasteiger partial charge in [0.1, 0.15) is 28.0 Å². The molecule has 0 fully saturated rings. The topological polar surface area (TPSA) is 136 Å². The molecule has 0 saturated carbocycles. The Morgan fingerprint density at radius 2 is 1.97 bits per heavy atom. The van der Waals surface area contributed by atoms with Crippen molar-refractivity contribution in [2.75, 3.05) is 7.11 Å². The molecule has 0 aliphatic carbocycles. The number of hydrogen-bond acceptors (Lipinski definition) is 8. The number of alkyl carbamates (subject to hydrolysis) is 1. The van der Waals surface area contributed by atoms with Gasteiger partial charge >= 0.3 is 12.1 Å². The van der Waals surface area contributed by atoms with Gasteiger partial charge in [0, 0.05) is 5.38 Å². The molecule has 1 heterocycles. The Kier molecular flexibility index (Phi) is 9.18. The standard InChI is InChI=1S/C19H26N4O6S/c1-7-11(15(24)23-12(8-2)17(26)28-6)22-16(25)13-10-30-14(21-13)9-20-18(27)29-19(3,4)5/h7-8,10,12H,2,9H2,1,3-6H3,(H,20,27)(H,22,25)(H,23,24)/b11-7-/t12-/m0/s1. The third-order valence-corrected chi connectivity index (χ3v) is 4.17. The van der Waals surface area contributed by atoms with E-state index in [1.54, 1.807) is 27.7 Å². The van der Waals surface area contributed by atoms with Crippen LogP contribution in [0.3, 0.4) is 0 Å². The second kappa shape index (κ2) is 11.1. The van der Waals surface area contributed by atoms with Gasteiger partial charge in [-0.1, -0.05) is 12.2 Å². The van der Waals surface area contributed by atoms with Crippen LogP contribution in [-0.2, 0) is 25.6 Å². The molecular formula is C19H26N4O6S. The van der Waals surface area contributed by atoms with Crippen molar-refractivity contribution in [3.63, 3.8) is 0 Å². The summed E-state index contributed by atoms with van der Waals surface area (Å²) in [5.41, 5.74) is -0.626. The largest absolute Gasteiger partial charge is 0.467 e. The lowest BCUT2D eigenvalue weighted by Crippen LogP contribution is -2.43. The first-order chi connectivity index (χ1) is 14.0. The zero-order valence-electron chi connectivity index (χ0n) is 17.5. The van der Waals surface area contributed by atoms with E-state index >= 15 is 0 Å². The van der Waals surface area contributed by atoms with E-state index in [1.165, 1.54) is 36.0 Å². The van der Waals surface area contributed by atoms with Crippen molar-refractivity contribution in [3.8, 4) is 0 Å². The summed E-state index contributed by atoms with van der Waals surface area (Å²) in [6.07, 6.45) is 1.99. The van der Waals surface area contributed by atoms with Crippen LogP contribution >= 0.6 is 11.3 Å². The zero-order chi connectivity index (χ0) is 22.9. The van der Waals surface area contributed by atoms with Crippen LogP contribution in [0.5, 0.6) is 0 Å². The molecule has 1 atom stereocenters. The molecule has 10 nitrogen and oxygen atoms in total. The third kappa shape index (κ3) is 8.03. The SMILES string of the molecule is C=C[C@H](NC(=O)/C(=C/C)NC(=O)c1csc(CNC(=O)OC(C)(C)C)n1)C(=O)OC. The fourth-order valence-electron chi connectivity index (χ4n) is 1.96. The molecule has 0 aliphatic heterocycles. The van der Waals surface area contributed by atoms with E-state index in [1.807, 2.05) is 0 Å². The van der Waals surface area contributed by atoms with Gasteiger partial charge in [0.05, 0.1) is 13.7 Å². The number of nitrogens with zero attached hydrogens (tertiary/aromatic N) is 1. The molecule has 0 unspecified atom stereocenters. The number of hydrogen-bond donors (Lipinski definition) is 3. The van der Waals surface area contributed by atoms with Crippen LogP contribution in [0.1, 0.15) is 43.2 Å². The maximum absolute atomic E-state index is 12.4. The predicted molar refractivity (Wildman–Crippen MR) is 111 cm³/mol. The molecule has 0 bridgehead atoms. The average molecular weight is 439 g/mol. The van der Waals surface area contributed by atoms with Crippen LogP contribution in [-0.4, -0.2) is 47.6 Å². The number of carbonyl (C=O) groups excluding carboxylic acids is 4. The lowest BCUT2D eigenvalue weighted by atomic mass is 10.2. The molecule has 11 heteroatoms. The minimum Gasteiger partial charge on any atom is -0.467 e. The highest BCUT2D eigenvalue weighted by Gasteiger charge is 2.22. The first-order valence-electron chi connectivity index (χ1n) is 8.90. The molecule has 0 aromatic carbocycles. The van der Waals surface area contributed by atoms with Crippen molar-refractivity contribution >= 4 is 35.2 Å². The molecule has 1 aromatic heterocycles. The minimum absolute atomic E-state index is 0.0707. The molecule has 0 saturated heterocycles. The summed E-state index contributed by atoms with van der Waals surface area (Å²) in [6, 6.07) is -1.06. The van der Waals surface area contributed by atoms with Crippen molar-refractivity contribution < 1.29 is 28.7 Å². The van der Waals surface area contributed by atoms with Gasteiger partial charge in [0.2, 0.25) is 0 Å². The van der Waals surface area contributed by atoms with Crippen LogP contribution in [0.4, 0.5) is 4.79 Å². The second-order valence-corrected chi connectivity index (χ2v) is 7.79. The number of methoxy groups -OCH3 is 1. The molecule has 0 spiro atoms. The van der Waals surface area contributed by atoms with Gasteiger partial charge in [-0.2, -0.15) is 0 Å². The summed E-state index contributed by atoms with van der Waals surface area (Å²) >= 11 is 1.17. The number of aromatic nitrogens is 1. The van der Waals surface area contributed by atoms with Gasteiger partial charge in [-0.05, 0) is 27.7 Å². The number of nitrogens with one attached hydrogen (secondary N) is 3. The van der Waals surface area contributed by atoms with Gasteiger partial charge in [-0.25, -0.2) is 14.6 Å². The molecule has 0 aliphatic rings. The summed E-state index contributed by atoms with van der Waals surface area (Å²) in [7, 11) is 1.18. The average Bonchev–Trinajstić information content (AvgIpc) is 3.15. The number of ether oxygens (including phenoxy) is 2. The Bertz CT molecular complexity index is 840. The van der Waals surface area contributed by atoms with Crippen molar-refractivity contribution in [1.29, 1.82) is 0 Å². The van der Waals surface area contributed by atoms with Gasteiger partial charge in [-0.15, -0.1) is 17.9 Å². The van der Waals surface area contributed by atoms with Crippen LogP contribution < -0.4 is 16.0 Å². The Labute approximate surface area is 178 Å². The lowest BCUT2D eigenvalue weighted by molar-refractivity contribution is -0.143. The summed E-state index contributed by atoms with van der Waals surface area (Å²) in [6.45, 7) is 10.3. The van der Waals surface area contributed by atoms with Gasteiger partial charge in [-0.3, -0.25) is 9.59 Å². The molecule has 3 N–H and O–H groups in total. The predicted octanol–water partition coefficient (Wildman–Crippen LogP) is 1.65. The smallest absolute Gasteiger partial charge is 0.408 e. The van der Waals surface area contributed by atoms with Crippen LogP contribution in [0, 0.1) is 0 Å². The minimum atomic E-state index is -1.06. The lowest BCUT2D eigenvalue weighted by Gasteiger charge is -2.19. The number of amides is 3. The number of allylic oxidation sites excluding steroid dienone is 1. The van der Waals surface area contributed by atoms with Crippen LogP contribution in [0.15, 0.2) is 29.8 Å². The van der Waals surface area contributed by atoms with E-state index in [0.717, 1.165) is 0 Å². The summed E-state index contributed by atoms with van der Waals surface area (Å²) < 4.78 is 9.69. The van der Waals surface area contributed by atoms with Crippen molar-refractivity contribution in [1.82, 2.24) is 20.9 Å². The maximum Gasteiger partial charge on any atom is 0.408 e. The van der Waals surface area contributed by atoms with E-state index in [9.17, 15) is 19.2 Å². The van der Waals surface area contributed by atoms with E-state index in [-0.39, 0.29) is 17.9 Å². The first kappa shape index (κ1) is 24.8. The Balaban J connectivity index is 2.69. The highest BCUT2D eigenvalue weighted by molar-refractivity contribution is 7.09. The van der Waals surface area contributed by atoms with Crippen molar-refractivity contribution in [2.45, 2.75) is 45.9 Å².